The molecule has 0 saturated carbocycles. The predicted molar refractivity (Wildman–Crippen MR) is 54.8 cm³/mol. The summed E-state index contributed by atoms with van der Waals surface area (Å²) in [5.41, 5.74) is 2.12. The molecule has 0 aliphatic carbocycles. The minimum Gasteiger partial charge on any atom is -0.508 e. The second kappa shape index (κ2) is 3.70. The fraction of sp³-hybridized carbons (Fsp3) is 0.364. The van der Waals surface area contributed by atoms with Gasteiger partial charge in [-0.15, -0.1) is 0 Å². The van der Waals surface area contributed by atoms with Crippen LogP contribution in [0, 0.1) is 0 Å². The SMILES string of the molecule is CCOC1=NCCc2cc(O)ccc21. The van der Waals surface area contributed by atoms with E-state index in [9.17, 15) is 5.11 Å². The number of hydrogen-bond donors (Lipinski definition) is 1. The topological polar surface area (TPSA) is 41.8 Å². The van der Waals surface area contributed by atoms with Gasteiger partial charge < -0.3 is 9.84 Å². The van der Waals surface area contributed by atoms with Gasteiger partial charge in [-0.25, -0.2) is 0 Å². The van der Waals surface area contributed by atoms with E-state index < -0.39 is 0 Å². The number of phenols is 1. The van der Waals surface area contributed by atoms with Crippen molar-refractivity contribution in [2.75, 3.05) is 13.2 Å². The summed E-state index contributed by atoms with van der Waals surface area (Å²) in [5, 5.41) is 9.32. The van der Waals surface area contributed by atoms with Crippen molar-refractivity contribution in [1.29, 1.82) is 0 Å². The van der Waals surface area contributed by atoms with Crippen molar-refractivity contribution in [2.45, 2.75) is 13.3 Å². The molecule has 1 aliphatic rings. The molecule has 74 valence electrons. The van der Waals surface area contributed by atoms with Crippen molar-refractivity contribution in [3.63, 3.8) is 0 Å². The molecule has 1 aromatic carbocycles. The molecule has 0 fully saturated rings. The zero-order valence-corrected chi connectivity index (χ0v) is 8.16. The van der Waals surface area contributed by atoms with Gasteiger partial charge in [-0.2, -0.15) is 0 Å². The average Bonchev–Trinajstić information content (AvgIpc) is 2.18. The van der Waals surface area contributed by atoms with Crippen LogP contribution in [0.4, 0.5) is 0 Å². The first-order chi connectivity index (χ1) is 6.81. The first-order valence-corrected chi connectivity index (χ1v) is 4.80. The van der Waals surface area contributed by atoms with Crippen molar-refractivity contribution in [1.82, 2.24) is 0 Å². The van der Waals surface area contributed by atoms with E-state index in [0.717, 1.165) is 24.1 Å². The summed E-state index contributed by atoms with van der Waals surface area (Å²) < 4.78 is 5.42. The number of phenolic OH excluding ortho intramolecular Hbond substituents is 1. The lowest BCUT2D eigenvalue weighted by molar-refractivity contribution is 0.325. The van der Waals surface area contributed by atoms with Crippen molar-refractivity contribution in [3.8, 4) is 5.75 Å². The largest absolute Gasteiger partial charge is 0.508 e. The van der Waals surface area contributed by atoms with E-state index in [2.05, 4.69) is 4.99 Å². The Balaban J connectivity index is 2.38. The Morgan fingerprint density at radius 1 is 1.50 bits per heavy atom. The monoisotopic (exact) mass is 191 g/mol. The zero-order chi connectivity index (χ0) is 9.97. The number of ether oxygens (including phenoxy) is 1. The molecule has 3 heteroatoms. The fourth-order valence-electron chi connectivity index (χ4n) is 1.62. The van der Waals surface area contributed by atoms with Crippen LogP contribution in [0.3, 0.4) is 0 Å². The first-order valence-electron chi connectivity index (χ1n) is 4.80. The van der Waals surface area contributed by atoms with Gasteiger partial charge in [0.25, 0.3) is 0 Å². The number of fused-ring (bicyclic) bond motifs is 1. The fourth-order valence-corrected chi connectivity index (χ4v) is 1.62. The molecule has 0 amide bonds. The van der Waals surface area contributed by atoms with E-state index >= 15 is 0 Å². The van der Waals surface area contributed by atoms with Crippen LogP contribution in [0.2, 0.25) is 0 Å². The van der Waals surface area contributed by atoms with Gasteiger partial charge in [0.1, 0.15) is 5.75 Å². The average molecular weight is 191 g/mol. The number of hydrogen-bond acceptors (Lipinski definition) is 3. The van der Waals surface area contributed by atoms with Crippen LogP contribution in [-0.2, 0) is 11.2 Å². The molecule has 0 radical (unpaired) electrons. The molecule has 0 atom stereocenters. The maximum atomic E-state index is 9.32. The molecule has 0 aromatic heterocycles. The number of aliphatic imine (C=N–C) groups is 1. The first kappa shape index (κ1) is 9.06. The number of benzene rings is 1. The van der Waals surface area contributed by atoms with Gasteiger partial charge in [0.05, 0.1) is 6.61 Å². The molecule has 0 bridgehead atoms. The Bertz CT molecular complexity index is 372. The molecular weight excluding hydrogens is 178 g/mol. The highest BCUT2D eigenvalue weighted by molar-refractivity contribution is 5.96. The van der Waals surface area contributed by atoms with E-state index in [0.29, 0.717) is 18.3 Å². The Kier molecular flexibility index (Phi) is 2.39. The Hall–Kier alpha value is -1.51. The van der Waals surface area contributed by atoms with Gasteiger partial charge in [0.15, 0.2) is 0 Å². The van der Waals surface area contributed by atoms with Crippen molar-refractivity contribution >= 4 is 5.90 Å². The number of nitrogens with zero attached hydrogens (tertiary/aromatic N) is 1. The highest BCUT2D eigenvalue weighted by atomic mass is 16.5. The van der Waals surface area contributed by atoms with Crippen LogP contribution in [0.15, 0.2) is 23.2 Å². The van der Waals surface area contributed by atoms with Gasteiger partial charge in [-0.05, 0) is 37.1 Å². The Morgan fingerprint density at radius 2 is 2.36 bits per heavy atom. The van der Waals surface area contributed by atoms with E-state index in [1.165, 1.54) is 0 Å². The molecule has 3 nitrogen and oxygen atoms in total. The lowest BCUT2D eigenvalue weighted by Gasteiger charge is -2.16. The Labute approximate surface area is 83.1 Å². The maximum Gasteiger partial charge on any atom is 0.216 e. The molecular formula is C11H13NO2. The molecule has 1 aromatic rings. The standard InChI is InChI=1S/C11H13NO2/c1-2-14-11-10-4-3-9(13)7-8(10)5-6-12-11/h3-4,7,13H,2,5-6H2,1H3. The van der Waals surface area contributed by atoms with Gasteiger partial charge in [0, 0.05) is 12.1 Å². The van der Waals surface area contributed by atoms with Crippen LogP contribution in [0.25, 0.3) is 0 Å². The molecule has 0 unspecified atom stereocenters. The normalized spacial score (nSPS) is 14.5. The predicted octanol–water partition coefficient (Wildman–Crippen LogP) is 1.73. The third-order valence-electron chi connectivity index (χ3n) is 2.24. The summed E-state index contributed by atoms with van der Waals surface area (Å²) in [6, 6.07) is 5.31. The summed E-state index contributed by atoms with van der Waals surface area (Å²) in [6.45, 7) is 3.31. The summed E-state index contributed by atoms with van der Waals surface area (Å²) in [4.78, 5) is 4.30. The summed E-state index contributed by atoms with van der Waals surface area (Å²) >= 11 is 0. The highest BCUT2D eigenvalue weighted by Crippen LogP contribution is 2.21. The van der Waals surface area contributed by atoms with E-state index in [-0.39, 0.29) is 0 Å². The molecule has 0 saturated heterocycles. The van der Waals surface area contributed by atoms with Gasteiger partial charge in [-0.1, -0.05) is 0 Å². The third kappa shape index (κ3) is 1.58. The minimum atomic E-state index is 0.307. The number of rotatable bonds is 1. The van der Waals surface area contributed by atoms with Gasteiger partial charge in [-0.3, -0.25) is 4.99 Å². The van der Waals surface area contributed by atoms with Crippen LogP contribution in [0.1, 0.15) is 18.1 Å². The van der Waals surface area contributed by atoms with E-state index in [1.807, 2.05) is 13.0 Å². The Morgan fingerprint density at radius 3 is 3.14 bits per heavy atom. The molecule has 14 heavy (non-hydrogen) atoms. The zero-order valence-electron chi connectivity index (χ0n) is 8.16. The second-order valence-corrected chi connectivity index (χ2v) is 3.21. The summed E-state index contributed by atoms with van der Waals surface area (Å²) in [6.07, 6.45) is 0.875. The second-order valence-electron chi connectivity index (χ2n) is 3.21. The van der Waals surface area contributed by atoms with Crippen molar-refractivity contribution in [2.24, 2.45) is 4.99 Å². The van der Waals surface area contributed by atoms with E-state index in [4.69, 9.17) is 4.74 Å². The van der Waals surface area contributed by atoms with Crippen LogP contribution in [0.5, 0.6) is 5.75 Å². The van der Waals surface area contributed by atoms with E-state index in [1.54, 1.807) is 12.1 Å². The lowest BCUT2D eigenvalue weighted by Crippen LogP contribution is -2.15. The summed E-state index contributed by atoms with van der Waals surface area (Å²) in [7, 11) is 0. The third-order valence-corrected chi connectivity index (χ3v) is 2.24. The number of aromatic hydroxyl groups is 1. The van der Waals surface area contributed by atoms with Crippen LogP contribution in [-0.4, -0.2) is 24.2 Å². The quantitative estimate of drug-likeness (QED) is 0.734. The molecule has 0 spiro atoms. The lowest BCUT2D eigenvalue weighted by atomic mass is 10.0. The van der Waals surface area contributed by atoms with Crippen LogP contribution >= 0.6 is 0 Å². The molecule has 2 rings (SSSR count). The smallest absolute Gasteiger partial charge is 0.216 e. The summed E-state index contributed by atoms with van der Waals surface area (Å²) in [5.74, 6) is 1.01. The molecule has 1 N–H and O–H groups in total. The maximum absolute atomic E-state index is 9.32. The van der Waals surface area contributed by atoms with Gasteiger partial charge in [0.2, 0.25) is 5.90 Å². The minimum absolute atomic E-state index is 0.307. The van der Waals surface area contributed by atoms with Crippen molar-refractivity contribution in [3.05, 3.63) is 29.3 Å². The van der Waals surface area contributed by atoms with Crippen LogP contribution < -0.4 is 0 Å². The molecule has 1 aliphatic heterocycles. The highest BCUT2D eigenvalue weighted by Gasteiger charge is 2.14. The van der Waals surface area contributed by atoms with Crippen molar-refractivity contribution < 1.29 is 9.84 Å². The molecule has 1 heterocycles. The van der Waals surface area contributed by atoms with Gasteiger partial charge >= 0.3 is 0 Å².